The molecule has 0 saturated heterocycles. The molecule has 2 aromatic rings. The van der Waals surface area contributed by atoms with Gasteiger partial charge in [0.05, 0.1) is 11.5 Å². The zero-order chi connectivity index (χ0) is 22.6. The van der Waals surface area contributed by atoms with E-state index in [-0.39, 0.29) is 18.1 Å². The summed E-state index contributed by atoms with van der Waals surface area (Å²) in [7, 11) is -3.48. The number of nitrogens with one attached hydrogen (secondary N) is 2. The molecule has 0 bridgehead atoms. The molecule has 0 aromatic heterocycles. The van der Waals surface area contributed by atoms with Gasteiger partial charge in [0, 0.05) is 24.2 Å². The normalized spacial score (nSPS) is 18.5. The highest BCUT2D eigenvalue weighted by atomic mass is 32.2. The molecule has 1 aliphatic heterocycles. The van der Waals surface area contributed by atoms with Crippen LogP contribution in [0.4, 0.5) is 10.1 Å². The number of hydrogen-bond donors (Lipinski definition) is 2. The molecule has 0 spiro atoms. The molecule has 1 atom stereocenters. The van der Waals surface area contributed by atoms with Gasteiger partial charge in [-0.2, -0.15) is 0 Å². The number of carbonyl (C=O) groups is 1. The number of carbonyl (C=O) groups excluding carboxylic acids is 1. The fourth-order valence-electron chi connectivity index (χ4n) is 3.05. The summed E-state index contributed by atoms with van der Waals surface area (Å²) in [5.74, 6) is -0.815. The Kier molecular flexibility index (Phi) is 6.76. The van der Waals surface area contributed by atoms with Crippen LogP contribution in [0.2, 0.25) is 0 Å². The highest BCUT2D eigenvalue weighted by Crippen LogP contribution is 2.28. The monoisotopic (exact) mass is 447 g/mol. The molecule has 166 valence electrons. The summed E-state index contributed by atoms with van der Waals surface area (Å²) >= 11 is 0. The Labute approximate surface area is 181 Å². The minimum atomic E-state index is -3.48. The molecule has 31 heavy (non-hydrogen) atoms. The van der Waals surface area contributed by atoms with Gasteiger partial charge in [-0.3, -0.25) is 4.79 Å². The SMILES string of the molecule is CC(C)CNS(=O)(=O)Cc1cccc(NC(=O)[C@]2(C)CC(c3cccc(F)c3)=NO2)c1. The number of oxime groups is 1. The largest absolute Gasteiger partial charge is 0.379 e. The maximum Gasteiger partial charge on any atom is 0.271 e. The van der Waals surface area contributed by atoms with Crippen LogP contribution < -0.4 is 10.0 Å². The fraction of sp³-hybridized carbons (Fsp3) is 0.364. The summed E-state index contributed by atoms with van der Waals surface area (Å²) in [6.07, 6.45) is 0.176. The highest BCUT2D eigenvalue weighted by molar-refractivity contribution is 7.88. The number of halogens is 1. The van der Waals surface area contributed by atoms with E-state index >= 15 is 0 Å². The lowest BCUT2D eigenvalue weighted by Gasteiger charge is -2.20. The Bertz CT molecular complexity index is 1100. The first kappa shape index (κ1) is 22.9. The average Bonchev–Trinajstić information content (AvgIpc) is 3.10. The van der Waals surface area contributed by atoms with Crippen LogP contribution in [-0.2, 0) is 25.4 Å². The van der Waals surface area contributed by atoms with Crippen LogP contribution in [0.25, 0.3) is 0 Å². The van der Waals surface area contributed by atoms with Crippen molar-refractivity contribution in [3.63, 3.8) is 0 Å². The molecule has 2 N–H and O–H groups in total. The Morgan fingerprint density at radius 2 is 1.97 bits per heavy atom. The first-order valence-electron chi connectivity index (χ1n) is 9.95. The fourth-order valence-corrected chi connectivity index (χ4v) is 4.36. The van der Waals surface area contributed by atoms with E-state index in [1.165, 1.54) is 12.1 Å². The highest BCUT2D eigenvalue weighted by Gasteiger charge is 2.42. The number of anilines is 1. The smallest absolute Gasteiger partial charge is 0.271 e. The Hall–Kier alpha value is -2.78. The molecular weight excluding hydrogens is 421 g/mol. The van der Waals surface area contributed by atoms with Crippen LogP contribution in [0.5, 0.6) is 0 Å². The zero-order valence-electron chi connectivity index (χ0n) is 17.7. The minimum Gasteiger partial charge on any atom is -0.379 e. The van der Waals surface area contributed by atoms with Crippen LogP contribution in [0, 0.1) is 11.7 Å². The summed E-state index contributed by atoms with van der Waals surface area (Å²) in [5, 5.41) is 6.72. The predicted octanol–water partition coefficient (Wildman–Crippen LogP) is 3.42. The molecule has 0 radical (unpaired) electrons. The van der Waals surface area contributed by atoms with E-state index in [9.17, 15) is 17.6 Å². The minimum absolute atomic E-state index is 0.176. The van der Waals surface area contributed by atoms with E-state index < -0.39 is 27.3 Å². The van der Waals surface area contributed by atoms with Crippen molar-refractivity contribution >= 4 is 27.3 Å². The molecule has 9 heteroatoms. The van der Waals surface area contributed by atoms with Crippen LogP contribution >= 0.6 is 0 Å². The van der Waals surface area contributed by atoms with Crippen molar-refractivity contribution in [1.29, 1.82) is 0 Å². The standard InChI is InChI=1S/C22H26FN3O4S/c1-15(2)13-24-31(28,29)14-16-6-4-9-19(10-16)25-21(27)22(3)12-20(26-30-22)17-7-5-8-18(23)11-17/h4-11,15,24H,12-14H2,1-3H3,(H,25,27)/t22-/m0/s1. The number of hydrogen-bond acceptors (Lipinski definition) is 5. The number of amides is 1. The number of rotatable bonds is 8. The van der Waals surface area contributed by atoms with Crippen LogP contribution in [0.1, 0.15) is 38.3 Å². The van der Waals surface area contributed by atoms with E-state index in [1.807, 2.05) is 13.8 Å². The van der Waals surface area contributed by atoms with Crippen molar-refractivity contribution in [1.82, 2.24) is 4.72 Å². The second-order valence-electron chi connectivity index (χ2n) is 8.20. The van der Waals surface area contributed by atoms with Gasteiger partial charge < -0.3 is 10.2 Å². The number of benzene rings is 2. The van der Waals surface area contributed by atoms with Gasteiger partial charge in [-0.1, -0.05) is 43.3 Å². The lowest BCUT2D eigenvalue weighted by atomic mass is 9.95. The predicted molar refractivity (Wildman–Crippen MR) is 118 cm³/mol. The first-order chi connectivity index (χ1) is 14.6. The molecule has 0 aliphatic carbocycles. The van der Waals surface area contributed by atoms with Crippen LogP contribution in [0.15, 0.2) is 53.7 Å². The summed E-state index contributed by atoms with van der Waals surface area (Å²) in [5.41, 5.74) is 0.766. The summed E-state index contributed by atoms with van der Waals surface area (Å²) in [6, 6.07) is 12.6. The Balaban J connectivity index is 1.65. The van der Waals surface area contributed by atoms with E-state index in [2.05, 4.69) is 15.2 Å². The van der Waals surface area contributed by atoms with Gasteiger partial charge in [0.15, 0.2) is 0 Å². The summed E-state index contributed by atoms with van der Waals surface area (Å²) in [4.78, 5) is 18.2. The van der Waals surface area contributed by atoms with Crippen molar-refractivity contribution in [2.24, 2.45) is 11.1 Å². The van der Waals surface area contributed by atoms with Gasteiger partial charge in [-0.25, -0.2) is 17.5 Å². The quantitative estimate of drug-likeness (QED) is 0.648. The van der Waals surface area contributed by atoms with Gasteiger partial charge in [0.1, 0.15) is 5.82 Å². The summed E-state index contributed by atoms with van der Waals surface area (Å²) in [6.45, 7) is 5.81. The van der Waals surface area contributed by atoms with Crippen LogP contribution in [0.3, 0.4) is 0 Å². The molecule has 0 unspecified atom stereocenters. The topological polar surface area (TPSA) is 96.9 Å². The van der Waals surface area contributed by atoms with Crippen LogP contribution in [-0.4, -0.2) is 32.2 Å². The van der Waals surface area contributed by atoms with Crippen molar-refractivity contribution < 1.29 is 22.4 Å². The van der Waals surface area contributed by atoms with Gasteiger partial charge in [0.25, 0.3) is 5.91 Å². The number of sulfonamides is 1. The van der Waals surface area contributed by atoms with E-state index in [1.54, 1.807) is 43.3 Å². The van der Waals surface area contributed by atoms with E-state index in [0.29, 0.717) is 29.1 Å². The molecule has 3 rings (SSSR count). The Morgan fingerprint density at radius 1 is 1.23 bits per heavy atom. The average molecular weight is 448 g/mol. The maximum absolute atomic E-state index is 13.5. The number of nitrogens with zero attached hydrogens (tertiary/aromatic N) is 1. The molecule has 2 aromatic carbocycles. The van der Waals surface area contributed by atoms with Gasteiger partial charge in [-0.15, -0.1) is 0 Å². The van der Waals surface area contributed by atoms with Crippen molar-refractivity contribution in [3.05, 3.63) is 65.5 Å². The van der Waals surface area contributed by atoms with Gasteiger partial charge in [-0.05, 0) is 42.7 Å². The lowest BCUT2D eigenvalue weighted by Crippen LogP contribution is -2.40. The zero-order valence-corrected chi connectivity index (χ0v) is 18.5. The van der Waals surface area contributed by atoms with Crippen molar-refractivity contribution in [2.45, 2.75) is 38.5 Å². The summed E-state index contributed by atoms with van der Waals surface area (Å²) < 4.78 is 40.5. The Morgan fingerprint density at radius 3 is 2.68 bits per heavy atom. The van der Waals surface area contributed by atoms with Crippen molar-refractivity contribution in [2.75, 3.05) is 11.9 Å². The third-order valence-corrected chi connectivity index (χ3v) is 6.07. The van der Waals surface area contributed by atoms with Gasteiger partial charge in [0.2, 0.25) is 15.6 Å². The van der Waals surface area contributed by atoms with E-state index in [0.717, 1.165) is 0 Å². The third-order valence-electron chi connectivity index (χ3n) is 4.75. The molecule has 0 fully saturated rings. The van der Waals surface area contributed by atoms with Crippen molar-refractivity contribution in [3.8, 4) is 0 Å². The molecule has 1 amide bonds. The molecule has 0 saturated carbocycles. The molecule has 7 nitrogen and oxygen atoms in total. The molecule has 1 aliphatic rings. The third kappa shape index (κ3) is 6.11. The molecule has 1 heterocycles. The lowest BCUT2D eigenvalue weighted by molar-refractivity contribution is -0.135. The van der Waals surface area contributed by atoms with Gasteiger partial charge >= 0.3 is 0 Å². The second-order valence-corrected chi connectivity index (χ2v) is 10.0. The van der Waals surface area contributed by atoms with E-state index in [4.69, 9.17) is 4.84 Å². The maximum atomic E-state index is 13.5. The molecular formula is C22H26FN3O4S. The second kappa shape index (κ2) is 9.15. The first-order valence-corrected chi connectivity index (χ1v) is 11.6.